The molecule has 0 saturated carbocycles. The van der Waals surface area contributed by atoms with Crippen LogP contribution in [0.15, 0.2) is 48.5 Å². The number of rotatable bonds is 7. The molecule has 0 aliphatic carbocycles. The van der Waals surface area contributed by atoms with Crippen molar-refractivity contribution >= 4 is 22.4 Å². The van der Waals surface area contributed by atoms with Crippen molar-refractivity contribution in [2.24, 2.45) is 0 Å². The largest absolute Gasteiger partial charge is 0.491 e. The highest BCUT2D eigenvalue weighted by Crippen LogP contribution is 2.21. The summed E-state index contributed by atoms with van der Waals surface area (Å²) in [5.41, 5.74) is 2.69. The maximum absolute atomic E-state index is 12.3. The molecule has 0 saturated heterocycles. The van der Waals surface area contributed by atoms with Crippen LogP contribution in [-0.4, -0.2) is 22.0 Å². The molecule has 0 unspecified atom stereocenters. The molecule has 0 radical (unpaired) electrons. The zero-order chi connectivity index (χ0) is 17.5. The van der Waals surface area contributed by atoms with Crippen LogP contribution in [0.4, 0.5) is 5.69 Å². The van der Waals surface area contributed by atoms with Crippen LogP contribution in [0.3, 0.4) is 0 Å². The van der Waals surface area contributed by atoms with Gasteiger partial charge in [-0.05, 0) is 39.0 Å². The number of carbonyl (C=O) groups is 1. The number of ether oxygens (including phenoxy) is 1. The summed E-state index contributed by atoms with van der Waals surface area (Å²) >= 11 is 0. The summed E-state index contributed by atoms with van der Waals surface area (Å²) in [5, 5.41) is 2.77. The van der Waals surface area contributed by atoms with Gasteiger partial charge in [0.1, 0.15) is 11.5 Å². The highest BCUT2D eigenvalue weighted by molar-refractivity contribution is 7.85. The summed E-state index contributed by atoms with van der Waals surface area (Å²) in [5.74, 6) is 0.730. The zero-order valence-electron chi connectivity index (χ0n) is 14.2. The minimum atomic E-state index is -1.30. The van der Waals surface area contributed by atoms with Gasteiger partial charge in [0.25, 0.3) is 0 Å². The number of para-hydroxylation sites is 1. The predicted octanol–water partition coefficient (Wildman–Crippen LogP) is 3.67. The smallest absolute Gasteiger partial charge is 0.237 e. The number of nitrogens with one attached hydrogen (secondary N) is 1. The second kappa shape index (κ2) is 8.64. The number of aryl methyl sites for hydroxylation is 1. The standard InChI is InChI=1S/C19H23NO3S/c1-14(2)23-18-7-5-4-6-16(18)12-24(22)13-19(21)20-17-10-8-15(3)9-11-17/h4-11,14H,12-13H2,1-3H3,(H,20,21)/t24-/m0/s1. The van der Waals surface area contributed by atoms with Gasteiger partial charge in [-0.15, -0.1) is 0 Å². The molecular weight excluding hydrogens is 322 g/mol. The van der Waals surface area contributed by atoms with Crippen molar-refractivity contribution in [1.82, 2.24) is 0 Å². The van der Waals surface area contributed by atoms with Gasteiger partial charge in [0.2, 0.25) is 5.91 Å². The van der Waals surface area contributed by atoms with Crippen LogP contribution < -0.4 is 10.1 Å². The molecule has 0 fully saturated rings. The van der Waals surface area contributed by atoms with E-state index in [-0.39, 0.29) is 17.8 Å². The Balaban J connectivity index is 1.93. The molecular formula is C19H23NO3S. The molecule has 0 aromatic heterocycles. The predicted molar refractivity (Wildman–Crippen MR) is 98.7 cm³/mol. The lowest BCUT2D eigenvalue weighted by Crippen LogP contribution is -2.20. The van der Waals surface area contributed by atoms with Crippen molar-refractivity contribution in [1.29, 1.82) is 0 Å². The van der Waals surface area contributed by atoms with Crippen LogP contribution in [0.1, 0.15) is 25.0 Å². The number of amides is 1. The topological polar surface area (TPSA) is 55.4 Å². The Kier molecular flexibility index (Phi) is 6.55. The van der Waals surface area contributed by atoms with Gasteiger partial charge in [-0.1, -0.05) is 35.9 Å². The van der Waals surface area contributed by atoms with Gasteiger partial charge in [0.15, 0.2) is 0 Å². The fourth-order valence-corrected chi connectivity index (χ4v) is 3.25. The quantitative estimate of drug-likeness (QED) is 0.833. The molecule has 1 N–H and O–H groups in total. The SMILES string of the molecule is Cc1ccc(NC(=O)C[S@@](=O)Cc2ccccc2OC(C)C)cc1. The Bertz CT molecular complexity index is 711. The Morgan fingerprint density at radius 3 is 2.46 bits per heavy atom. The minimum absolute atomic E-state index is 0.0378. The fourth-order valence-electron chi connectivity index (χ4n) is 2.20. The number of carbonyl (C=O) groups excluding carboxylic acids is 1. The van der Waals surface area contributed by atoms with Crippen LogP contribution in [0.5, 0.6) is 5.75 Å². The average molecular weight is 345 g/mol. The number of benzene rings is 2. The van der Waals surface area contributed by atoms with E-state index < -0.39 is 10.8 Å². The zero-order valence-corrected chi connectivity index (χ0v) is 15.1. The molecule has 0 bridgehead atoms. The van der Waals surface area contributed by atoms with Crippen molar-refractivity contribution in [3.8, 4) is 5.75 Å². The lowest BCUT2D eigenvalue weighted by atomic mass is 10.2. The number of anilines is 1. The summed E-state index contributed by atoms with van der Waals surface area (Å²) in [6, 6.07) is 15.0. The van der Waals surface area contributed by atoms with E-state index in [4.69, 9.17) is 4.74 Å². The van der Waals surface area contributed by atoms with E-state index in [1.54, 1.807) is 0 Å². The molecule has 1 amide bonds. The van der Waals surface area contributed by atoms with Crippen molar-refractivity contribution < 1.29 is 13.7 Å². The molecule has 2 aromatic carbocycles. The summed E-state index contributed by atoms with van der Waals surface area (Å²) in [6.07, 6.45) is 0.0458. The van der Waals surface area contributed by atoms with E-state index in [1.165, 1.54) is 0 Å². The second-order valence-electron chi connectivity index (χ2n) is 5.92. The normalized spacial score (nSPS) is 12.0. The minimum Gasteiger partial charge on any atom is -0.491 e. The Morgan fingerprint density at radius 1 is 1.12 bits per heavy atom. The molecule has 24 heavy (non-hydrogen) atoms. The first kappa shape index (κ1) is 18.2. The second-order valence-corrected chi connectivity index (χ2v) is 7.37. The van der Waals surface area contributed by atoms with Gasteiger partial charge in [0, 0.05) is 22.1 Å². The van der Waals surface area contributed by atoms with E-state index >= 15 is 0 Å². The van der Waals surface area contributed by atoms with Crippen molar-refractivity contribution in [3.63, 3.8) is 0 Å². The molecule has 128 valence electrons. The van der Waals surface area contributed by atoms with E-state index in [0.717, 1.165) is 16.9 Å². The van der Waals surface area contributed by atoms with E-state index in [9.17, 15) is 9.00 Å². The lowest BCUT2D eigenvalue weighted by molar-refractivity contribution is -0.113. The molecule has 2 rings (SSSR count). The van der Waals surface area contributed by atoms with E-state index in [2.05, 4.69) is 5.32 Å². The number of hydrogen-bond donors (Lipinski definition) is 1. The molecule has 0 spiro atoms. The van der Waals surface area contributed by atoms with Crippen molar-refractivity contribution in [2.45, 2.75) is 32.6 Å². The molecule has 0 aliphatic rings. The summed E-state index contributed by atoms with van der Waals surface area (Å²) in [7, 11) is -1.30. The fraction of sp³-hybridized carbons (Fsp3) is 0.316. The highest BCUT2D eigenvalue weighted by atomic mass is 32.2. The van der Waals surface area contributed by atoms with Crippen LogP contribution in [-0.2, 0) is 21.3 Å². The van der Waals surface area contributed by atoms with Gasteiger partial charge in [-0.3, -0.25) is 9.00 Å². The van der Waals surface area contributed by atoms with Gasteiger partial charge >= 0.3 is 0 Å². The Morgan fingerprint density at radius 2 is 1.79 bits per heavy atom. The van der Waals surface area contributed by atoms with E-state index in [0.29, 0.717) is 11.4 Å². The third-order valence-electron chi connectivity index (χ3n) is 3.28. The maximum atomic E-state index is 12.3. The van der Waals surface area contributed by atoms with Gasteiger partial charge < -0.3 is 10.1 Å². The molecule has 2 aromatic rings. The van der Waals surface area contributed by atoms with Crippen molar-refractivity contribution in [2.75, 3.05) is 11.1 Å². The summed E-state index contributed by atoms with van der Waals surface area (Å²) in [6.45, 7) is 5.88. The molecule has 0 aliphatic heterocycles. The summed E-state index contributed by atoms with van der Waals surface area (Å²) < 4.78 is 18.0. The third-order valence-corrected chi connectivity index (χ3v) is 4.50. The highest BCUT2D eigenvalue weighted by Gasteiger charge is 2.12. The monoisotopic (exact) mass is 345 g/mol. The molecule has 1 atom stereocenters. The van der Waals surface area contributed by atoms with Crippen LogP contribution >= 0.6 is 0 Å². The Hall–Kier alpha value is -2.14. The molecule has 4 nitrogen and oxygen atoms in total. The third kappa shape index (κ3) is 5.81. The lowest BCUT2D eigenvalue weighted by Gasteiger charge is -2.14. The number of hydrogen-bond acceptors (Lipinski definition) is 3. The average Bonchev–Trinajstić information content (AvgIpc) is 2.51. The molecule has 5 heteroatoms. The first-order valence-corrected chi connectivity index (χ1v) is 9.39. The Labute approximate surface area is 145 Å². The maximum Gasteiger partial charge on any atom is 0.237 e. The van der Waals surface area contributed by atoms with Gasteiger partial charge in [-0.25, -0.2) is 0 Å². The first-order chi connectivity index (χ1) is 11.4. The molecule has 0 heterocycles. The van der Waals surface area contributed by atoms with Crippen LogP contribution in [0.25, 0.3) is 0 Å². The van der Waals surface area contributed by atoms with Gasteiger partial charge in [-0.2, -0.15) is 0 Å². The first-order valence-electron chi connectivity index (χ1n) is 7.90. The summed E-state index contributed by atoms with van der Waals surface area (Å²) in [4.78, 5) is 12.0. The van der Waals surface area contributed by atoms with Crippen LogP contribution in [0.2, 0.25) is 0 Å². The van der Waals surface area contributed by atoms with Crippen LogP contribution in [0, 0.1) is 6.92 Å². The van der Waals surface area contributed by atoms with Crippen molar-refractivity contribution in [3.05, 3.63) is 59.7 Å². The van der Waals surface area contributed by atoms with Gasteiger partial charge in [0.05, 0.1) is 11.9 Å². The van der Waals surface area contributed by atoms with E-state index in [1.807, 2.05) is 69.3 Å².